The lowest BCUT2D eigenvalue weighted by Crippen LogP contribution is -1.82. The van der Waals surface area contributed by atoms with Gasteiger partial charge in [-0.1, -0.05) is 0 Å². The van der Waals surface area contributed by atoms with E-state index in [9.17, 15) is 4.79 Å². The van der Waals surface area contributed by atoms with Crippen LogP contribution in [0.4, 0.5) is 0 Å². The van der Waals surface area contributed by atoms with E-state index in [1.807, 2.05) is 0 Å². The summed E-state index contributed by atoms with van der Waals surface area (Å²) in [7, 11) is 0. The van der Waals surface area contributed by atoms with Gasteiger partial charge in [0.15, 0.2) is 6.29 Å². The first kappa shape index (κ1) is 5.88. The number of carbonyl (C=O) groups is 1. The van der Waals surface area contributed by atoms with E-state index in [1.54, 1.807) is 0 Å². The highest BCUT2D eigenvalue weighted by atomic mass is 16.2. The first-order valence-electron chi connectivity index (χ1n) is 1.65. The lowest BCUT2D eigenvalue weighted by molar-refractivity contribution is -0.104. The zero-order chi connectivity index (χ0) is 5.70. The summed E-state index contributed by atoms with van der Waals surface area (Å²) in [5.41, 5.74) is -0.0278. The highest BCUT2D eigenvalue weighted by Crippen LogP contribution is 1.75. The Kier molecular flexibility index (Phi) is 2.59. The summed E-state index contributed by atoms with van der Waals surface area (Å²) in [5.74, 6) is 0. The predicted octanol–water partition coefficient (Wildman–Crippen LogP) is 0.277. The number of rotatable bonds is 2. The topological polar surface area (TPSA) is 61.2 Å². The van der Waals surface area contributed by atoms with Gasteiger partial charge in [0, 0.05) is 6.21 Å². The van der Waals surface area contributed by atoms with Gasteiger partial charge in [0.2, 0.25) is 0 Å². The number of nitrogens with one attached hydrogen (secondary N) is 1. The Bertz CT molecular complexity index is 96.3. The smallest absolute Gasteiger partial charge is 0.154 e. The molecule has 7 heavy (non-hydrogen) atoms. The summed E-state index contributed by atoms with van der Waals surface area (Å²) < 4.78 is 0. The zero-order valence-corrected chi connectivity index (χ0v) is 3.59. The highest BCUT2D eigenvalue weighted by molar-refractivity contribution is 5.99. The van der Waals surface area contributed by atoms with E-state index in [1.165, 1.54) is 0 Å². The lowest BCUT2D eigenvalue weighted by Gasteiger charge is -1.75. The van der Waals surface area contributed by atoms with Gasteiger partial charge in [-0.3, -0.25) is 4.79 Å². The van der Waals surface area contributed by atoms with Crippen LogP contribution in [0.2, 0.25) is 0 Å². The molecule has 0 aromatic rings. The van der Waals surface area contributed by atoms with Crippen LogP contribution in [0.25, 0.3) is 0 Å². The van der Waals surface area contributed by atoms with Crippen LogP contribution in [0.15, 0.2) is 11.8 Å². The molecule has 0 aliphatic rings. The molecule has 0 radical (unpaired) electrons. The van der Waals surface area contributed by atoms with Crippen molar-refractivity contribution in [1.29, 1.82) is 5.41 Å². The molecule has 0 aromatic heterocycles. The summed E-state index contributed by atoms with van der Waals surface area (Å²) in [4.78, 5) is 9.59. The number of carbonyl (C=O) groups excluding carboxylic acids is 1. The average molecular weight is 99.1 g/mol. The van der Waals surface area contributed by atoms with Gasteiger partial charge in [0.25, 0.3) is 0 Å². The second-order valence-electron chi connectivity index (χ2n) is 0.891. The minimum atomic E-state index is -0.0278. The minimum Gasteiger partial charge on any atom is -0.515 e. The summed E-state index contributed by atoms with van der Waals surface area (Å²) in [5, 5.41) is 14.4. The molecule has 0 aromatic carbocycles. The number of hydrogen-bond donors (Lipinski definition) is 2. The molecule has 0 atom stereocenters. The van der Waals surface area contributed by atoms with Gasteiger partial charge in [-0.25, -0.2) is 0 Å². The molecule has 3 nitrogen and oxygen atoms in total. The molecule has 0 rings (SSSR count). The third kappa shape index (κ3) is 1.70. The second kappa shape index (κ2) is 3.08. The molecule has 0 aliphatic heterocycles. The predicted molar refractivity (Wildman–Crippen MR) is 25.6 cm³/mol. The molecule has 0 bridgehead atoms. The Morgan fingerprint density at radius 3 is 2.29 bits per heavy atom. The van der Waals surface area contributed by atoms with Gasteiger partial charge >= 0.3 is 0 Å². The number of allylic oxidation sites excluding steroid dienone is 1. The molecule has 38 valence electrons. The first-order valence-corrected chi connectivity index (χ1v) is 1.65. The fourth-order valence-corrected chi connectivity index (χ4v) is 0.102. The van der Waals surface area contributed by atoms with E-state index in [2.05, 4.69) is 0 Å². The van der Waals surface area contributed by atoms with Gasteiger partial charge in [-0.15, -0.1) is 0 Å². The van der Waals surface area contributed by atoms with Gasteiger partial charge in [0.1, 0.15) is 0 Å². The molecule has 0 fully saturated rings. The van der Waals surface area contributed by atoms with Crippen LogP contribution >= 0.6 is 0 Å². The Morgan fingerprint density at radius 2 is 2.29 bits per heavy atom. The standard InChI is InChI=1S/C4H5NO2/c5-1-4(2-6)3-7/h1-3,5-6H/b4-2+,5-1?. The molecule has 0 amide bonds. The Labute approximate surface area is 40.8 Å². The number of aliphatic hydroxyl groups is 1. The van der Waals surface area contributed by atoms with E-state index in [0.29, 0.717) is 12.5 Å². The van der Waals surface area contributed by atoms with Crippen LogP contribution < -0.4 is 0 Å². The number of hydrogen-bond acceptors (Lipinski definition) is 3. The molecule has 3 heteroatoms. The van der Waals surface area contributed by atoms with Crippen molar-refractivity contribution in [2.75, 3.05) is 0 Å². The van der Waals surface area contributed by atoms with Crippen LogP contribution in [0.1, 0.15) is 0 Å². The third-order valence-electron chi connectivity index (χ3n) is 0.452. The van der Waals surface area contributed by atoms with Crippen molar-refractivity contribution in [3.63, 3.8) is 0 Å². The van der Waals surface area contributed by atoms with Gasteiger partial charge in [-0.05, 0) is 0 Å². The summed E-state index contributed by atoms with van der Waals surface area (Å²) in [6.07, 6.45) is 1.75. The molecular formula is C4H5NO2. The second-order valence-corrected chi connectivity index (χ2v) is 0.891. The van der Waals surface area contributed by atoms with Gasteiger partial charge in [0.05, 0.1) is 11.8 Å². The van der Waals surface area contributed by atoms with E-state index in [-0.39, 0.29) is 5.57 Å². The monoisotopic (exact) mass is 99.0 g/mol. The van der Waals surface area contributed by atoms with E-state index < -0.39 is 0 Å². The molecule has 2 N–H and O–H groups in total. The van der Waals surface area contributed by atoms with Crippen molar-refractivity contribution in [3.05, 3.63) is 11.8 Å². The van der Waals surface area contributed by atoms with Crippen molar-refractivity contribution >= 4 is 12.5 Å². The molecular weight excluding hydrogens is 94.0 g/mol. The molecule has 0 spiro atoms. The molecule has 0 saturated heterocycles. The Balaban J connectivity index is 3.85. The van der Waals surface area contributed by atoms with E-state index in [4.69, 9.17) is 10.5 Å². The lowest BCUT2D eigenvalue weighted by atomic mass is 10.4. The molecule has 0 aliphatic carbocycles. The Hall–Kier alpha value is -1.12. The first-order chi connectivity index (χ1) is 3.35. The minimum absolute atomic E-state index is 0.0278. The normalized spacial score (nSPS) is 10.6. The van der Waals surface area contributed by atoms with Gasteiger partial charge < -0.3 is 10.5 Å². The van der Waals surface area contributed by atoms with Crippen LogP contribution in [-0.2, 0) is 4.79 Å². The van der Waals surface area contributed by atoms with E-state index >= 15 is 0 Å². The maximum Gasteiger partial charge on any atom is 0.154 e. The maximum absolute atomic E-state index is 9.59. The summed E-state index contributed by atoms with van der Waals surface area (Å²) >= 11 is 0. The number of aldehydes is 1. The maximum atomic E-state index is 9.59. The van der Waals surface area contributed by atoms with E-state index in [0.717, 1.165) is 6.21 Å². The molecule has 0 saturated carbocycles. The SMILES string of the molecule is N=C/C(C=O)=C\O. The molecule has 0 heterocycles. The van der Waals surface area contributed by atoms with Crippen molar-refractivity contribution < 1.29 is 9.90 Å². The average Bonchev–Trinajstić information content (AvgIpc) is 1.72. The summed E-state index contributed by atoms with van der Waals surface area (Å²) in [6.45, 7) is 0. The quantitative estimate of drug-likeness (QED) is 0.226. The van der Waals surface area contributed by atoms with Crippen LogP contribution in [0.3, 0.4) is 0 Å². The van der Waals surface area contributed by atoms with Crippen LogP contribution in [0.5, 0.6) is 0 Å². The van der Waals surface area contributed by atoms with Crippen molar-refractivity contribution in [1.82, 2.24) is 0 Å². The third-order valence-corrected chi connectivity index (χ3v) is 0.452. The van der Waals surface area contributed by atoms with Gasteiger partial charge in [-0.2, -0.15) is 0 Å². The number of aliphatic hydroxyl groups excluding tert-OH is 1. The largest absolute Gasteiger partial charge is 0.515 e. The van der Waals surface area contributed by atoms with Crippen LogP contribution in [-0.4, -0.2) is 17.6 Å². The highest BCUT2D eigenvalue weighted by Gasteiger charge is 1.81. The van der Waals surface area contributed by atoms with Crippen molar-refractivity contribution in [2.45, 2.75) is 0 Å². The Morgan fingerprint density at radius 1 is 1.71 bits per heavy atom. The van der Waals surface area contributed by atoms with Crippen molar-refractivity contribution in [2.24, 2.45) is 0 Å². The van der Waals surface area contributed by atoms with Crippen molar-refractivity contribution in [3.8, 4) is 0 Å². The fourth-order valence-electron chi connectivity index (χ4n) is 0.102. The van der Waals surface area contributed by atoms with Crippen LogP contribution in [0, 0.1) is 5.41 Å². The zero-order valence-electron chi connectivity index (χ0n) is 3.59. The summed E-state index contributed by atoms with van der Waals surface area (Å²) in [6, 6.07) is 0. The fraction of sp³-hybridized carbons (Fsp3) is 0. The molecule has 0 unspecified atom stereocenters.